The summed E-state index contributed by atoms with van der Waals surface area (Å²) in [6.07, 6.45) is 3.41. The summed E-state index contributed by atoms with van der Waals surface area (Å²) in [5.41, 5.74) is 0.914. The van der Waals surface area contributed by atoms with Crippen molar-refractivity contribution in [2.75, 3.05) is 18.8 Å². The molecule has 3 nitrogen and oxygen atoms in total. The Morgan fingerprint density at radius 1 is 1.35 bits per heavy atom. The number of halogens is 1. The van der Waals surface area contributed by atoms with Crippen molar-refractivity contribution < 1.29 is 9.18 Å². The van der Waals surface area contributed by atoms with Gasteiger partial charge in [-0.2, -0.15) is 0 Å². The summed E-state index contributed by atoms with van der Waals surface area (Å²) < 4.78 is 13.7. The summed E-state index contributed by atoms with van der Waals surface area (Å²) in [5.74, 6) is 1.42. The van der Waals surface area contributed by atoms with Gasteiger partial charge in [-0.3, -0.25) is 4.79 Å². The molecular weight excluding hydrogens is 275 g/mol. The van der Waals surface area contributed by atoms with Gasteiger partial charge in [0.05, 0.1) is 12.6 Å². The standard InChI is InChI=1S/C15H19FN2OS/c16-12-3-1-2-11-13(6-7-20-15(11)12)18-14(19)9-17-8-10-4-5-10/h1-3,10,13,17H,4-9H2,(H,18,19). The van der Waals surface area contributed by atoms with E-state index in [9.17, 15) is 9.18 Å². The SMILES string of the molecule is O=C(CNCC1CC1)NC1CCSc2c(F)cccc21. The number of hydrogen-bond donors (Lipinski definition) is 2. The molecule has 1 unspecified atom stereocenters. The fraction of sp³-hybridized carbons (Fsp3) is 0.533. The first-order chi connectivity index (χ1) is 9.74. The first kappa shape index (κ1) is 13.9. The maximum absolute atomic E-state index is 13.7. The average molecular weight is 294 g/mol. The van der Waals surface area contributed by atoms with Crippen LogP contribution < -0.4 is 10.6 Å². The number of carbonyl (C=O) groups is 1. The van der Waals surface area contributed by atoms with Crippen LogP contribution in [0.5, 0.6) is 0 Å². The third-order valence-corrected chi connectivity index (χ3v) is 4.94. The molecule has 2 aliphatic rings. The number of thioether (sulfide) groups is 1. The second kappa shape index (κ2) is 6.14. The van der Waals surface area contributed by atoms with Crippen molar-refractivity contribution in [2.45, 2.75) is 30.2 Å². The molecule has 1 aliphatic carbocycles. The lowest BCUT2D eigenvalue weighted by molar-refractivity contribution is -0.121. The second-order valence-electron chi connectivity index (χ2n) is 5.49. The number of benzene rings is 1. The Morgan fingerprint density at radius 3 is 3.00 bits per heavy atom. The summed E-state index contributed by atoms with van der Waals surface area (Å²) in [6, 6.07) is 5.04. The molecule has 1 aliphatic heterocycles. The Bertz CT molecular complexity index is 505. The first-order valence-electron chi connectivity index (χ1n) is 7.15. The fourth-order valence-corrected chi connectivity index (χ4v) is 3.63. The third kappa shape index (κ3) is 3.33. The van der Waals surface area contributed by atoms with E-state index < -0.39 is 0 Å². The monoisotopic (exact) mass is 294 g/mol. The number of rotatable bonds is 5. The molecule has 0 bridgehead atoms. The van der Waals surface area contributed by atoms with Gasteiger partial charge in [0.2, 0.25) is 5.91 Å². The van der Waals surface area contributed by atoms with Gasteiger partial charge in [-0.05, 0) is 43.4 Å². The predicted octanol–water partition coefficient (Wildman–Crippen LogP) is 2.48. The van der Waals surface area contributed by atoms with Crippen LogP contribution in [0.15, 0.2) is 23.1 Å². The number of carbonyl (C=O) groups excluding carboxylic acids is 1. The van der Waals surface area contributed by atoms with Gasteiger partial charge >= 0.3 is 0 Å². The van der Waals surface area contributed by atoms with E-state index in [0.717, 1.165) is 30.2 Å². The Morgan fingerprint density at radius 2 is 2.20 bits per heavy atom. The Hall–Kier alpha value is -1.07. The molecule has 1 heterocycles. The van der Waals surface area contributed by atoms with Gasteiger partial charge < -0.3 is 10.6 Å². The van der Waals surface area contributed by atoms with E-state index in [1.165, 1.54) is 30.7 Å². The van der Waals surface area contributed by atoms with Crippen LogP contribution in [-0.4, -0.2) is 24.7 Å². The van der Waals surface area contributed by atoms with Crippen molar-refractivity contribution in [3.05, 3.63) is 29.6 Å². The summed E-state index contributed by atoms with van der Waals surface area (Å²) >= 11 is 1.53. The molecule has 3 rings (SSSR count). The maximum atomic E-state index is 13.7. The zero-order valence-corrected chi connectivity index (χ0v) is 12.1. The van der Waals surface area contributed by atoms with Gasteiger partial charge in [-0.15, -0.1) is 11.8 Å². The molecule has 5 heteroatoms. The molecule has 0 spiro atoms. The topological polar surface area (TPSA) is 41.1 Å². The van der Waals surface area contributed by atoms with Crippen LogP contribution in [0.25, 0.3) is 0 Å². The molecule has 1 amide bonds. The van der Waals surface area contributed by atoms with Crippen molar-refractivity contribution in [2.24, 2.45) is 5.92 Å². The minimum Gasteiger partial charge on any atom is -0.348 e. The van der Waals surface area contributed by atoms with E-state index in [1.54, 1.807) is 6.07 Å². The molecule has 2 N–H and O–H groups in total. The van der Waals surface area contributed by atoms with E-state index in [-0.39, 0.29) is 17.8 Å². The van der Waals surface area contributed by atoms with E-state index in [2.05, 4.69) is 10.6 Å². The molecule has 1 aromatic carbocycles. The summed E-state index contributed by atoms with van der Waals surface area (Å²) in [5, 5.41) is 6.20. The van der Waals surface area contributed by atoms with Crippen LogP contribution in [0.3, 0.4) is 0 Å². The van der Waals surface area contributed by atoms with Crippen molar-refractivity contribution in [1.82, 2.24) is 10.6 Å². The number of amides is 1. The van der Waals surface area contributed by atoms with Crippen LogP contribution in [0, 0.1) is 11.7 Å². The quantitative estimate of drug-likeness (QED) is 0.876. The molecular formula is C15H19FN2OS. The molecule has 1 aromatic rings. The maximum Gasteiger partial charge on any atom is 0.234 e. The molecule has 108 valence electrons. The van der Waals surface area contributed by atoms with Gasteiger partial charge in [-0.25, -0.2) is 4.39 Å². The van der Waals surface area contributed by atoms with Gasteiger partial charge in [0.1, 0.15) is 5.82 Å². The van der Waals surface area contributed by atoms with Gasteiger partial charge in [0.15, 0.2) is 0 Å². The largest absolute Gasteiger partial charge is 0.348 e. The number of nitrogens with one attached hydrogen (secondary N) is 2. The van der Waals surface area contributed by atoms with Gasteiger partial charge in [-0.1, -0.05) is 12.1 Å². The van der Waals surface area contributed by atoms with E-state index >= 15 is 0 Å². The number of fused-ring (bicyclic) bond motifs is 1. The molecule has 1 saturated carbocycles. The third-order valence-electron chi connectivity index (χ3n) is 3.78. The Labute approximate surface area is 122 Å². The molecule has 0 radical (unpaired) electrons. The highest BCUT2D eigenvalue weighted by atomic mass is 32.2. The molecule has 1 atom stereocenters. The zero-order valence-electron chi connectivity index (χ0n) is 11.3. The fourth-order valence-electron chi connectivity index (χ4n) is 2.49. The second-order valence-corrected chi connectivity index (χ2v) is 6.59. The summed E-state index contributed by atoms with van der Waals surface area (Å²) in [7, 11) is 0. The highest BCUT2D eigenvalue weighted by Crippen LogP contribution is 2.37. The van der Waals surface area contributed by atoms with Crippen molar-refractivity contribution in [3.63, 3.8) is 0 Å². The smallest absolute Gasteiger partial charge is 0.234 e. The van der Waals surface area contributed by atoms with Crippen LogP contribution in [-0.2, 0) is 4.79 Å². The Kier molecular flexibility index (Phi) is 4.27. The summed E-state index contributed by atoms with van der Waals surface area (Å²) in [4.78, 5) is 12.6. The average Bonchev–Trinajstić information content (AvgIpc) is 3.24. The van der Waals surface area contributed by atoms with E-state index in [0.29, 0.717) is 11.4 Å². The van der Waals surface area contributed by atoms with E-state index in [1.807, 2.05) is 6.07 Å². The molecule has 0 saturated heterocycles. The summed E-state index contributed by atoms with van der Waals surface area (Å²) in [6.45, 7) is 1.28. The molecule has 1 fully saturated rings. The van der Waals surface area contributed by atoms with E-state index in [4.69, 9.17) is 0 Å². The van der Waals surface area contributed by atoms with Crippen molar-refractivity contribution in [1.29, 1.82) is 0 Å². The minimum atomic E-state index is -0.182. The molecule has 0 aromatic heterocycles. The van der Waals surface area contributed by atoms with Crippen molar-refractivity contribution in [3.8, 4) is 0 Å². The first-order valence-corrected chi connectivity index (χ1v) is 8.14. The molecule has 20 heavy (non-hydrogen) atoms. The highest BCUT2D eigenvalue weighted by molar-refractivity contribution is 7.99. The normalized spacial score (nSPS) is 21.4. The van der Waals surface area contributed by atoms with Gasteiger partial charge in [0, 0.05) is 10.6 Å². The lowest BCUT2D eigenvalue weighted by Gasteiger charge is -2.26. The lowest BCUT2D eigenvalue weighted by atomic mass is 10.0. The van der Waals surface area contributed by atoms with Crippen LogP contribution >= 0.6 is 11.8 Å². The minimum absolute atomic E-state index is 0.00207. The Balaban J connectivity index is 1.57. The van der Waals surface area contributed by atoms with Crippen molar-refractivity contribution >= 4 is 17.7 Å². The zero-order chi connectivity index (χ0) is 13.9. The van der Waals surface area contributed by atoms with Crippen LogP contribution in [0.1, 0.15) is 30.9 Å². The lowest BCUT2D eigenvalue weighted by Crippen LogP contribution is -2.38. The highest BCUT2D eigenvalue weighted by Gasteiger charge is 2.25. The van der Waals surface area contributed by atoms with Gasteiger partial charge in [0.25, 0.3) is 0 Å². The number of hydrogen-bond acceptors (Lipinski definition) is 3. The predicted molar refractivity (Wildman–Crippen MR) is 78.2 cm³/mol. The van der Waals surface area contributed by atoms with Crippen LogP contribution in [0.2, 0.25) is 0 Å². The van der Waals surface area contributed by atoms with Crippen LogP contribution in [0.4, 0.5) is 4.39 Å².